The molecule has 0 aliphatic carbocycles. The van der Waals surface area contributed by atoms with Gasteiger partial charge in [0.05, 0.1) is 6.61 Å². The van der Waals surface area contributed by atoms with Gasteiger partial charge in [-0.1, -0.05) is 30.3 Å². The Balaban J connectivity index is 1.85. The number of aryl methyl sites for hydroxylation is 1. The van der Waals surface area contributed by atoms with Crippen molar-refractivity contribution in [2.75, 3.05) is 6.61 Å². The lowest BCUT2D eigenvalue weighted by Gasteiger charge is -2.25. The molecule has 0 radical (unpaired) electrons. The van der Waals surface area contributed by atoms with Crippen LogP contribution in [0, 0.1) is 12.7 Å². The maximum Gasteiger partial charge on any atom is 0.170 e. The van der Waals surface area contributed by atoms with Crippen LogP contribution in [0.5, 0.6) is 0 Å². The van der Waals surface area contributed by atoms with Crippen molar-refractivity contribution in [1.82, 2.24) is 0 Å². The van der Waals surface area contributed by atoms with E-state index in [1.807, 2.05) is 31.2 Å². The van der Waals surface area contributed by atoms with Crippen molar-refractivity contribution >= 4 is 5.78 Å². The summed E-state index contributed by atoms with van der Waals surface area (Å²) in [7, 11) is 0. The Morgan fingerprint density at radius 1 is 1.29 bits per heavy atom. The summed E-state index contributed by atoms with van der Waals surface area (Å²) in [6, 6.07) is 12.4. The fraction of sp³-hybridized carbons (Fsp3) is 0.278. The first kappa shape index (κ1) is 14.0. The van der Waals surface area contributed by atoms with Crippen LogP contribution in [-0.4, -0.2) is 12.4 Å². The molecule has 108 valence electrons. The number of ether oxygens (including phenoxy) is 1. The number of fused-ring (bicyclic) bond motifs is 1. The van der Waals surface area contributed by atoms with Crippen LogP contribution in [0.4, 0.5) is 4.39 Å². The summed E-state index contributed by atoms with van der Waals surface area (Å²) in [4.78, 5) is 12.5. The van der Waals surface area contributed by atoms with E-state index in [9.17, 15) is 9.18 Å². The van der Waals surface area contributed by atoms with Crippen LogP contribution in [0.1, 0.15) is 28.4 Å². The number of hydrogen-bond donors (Lipinski definition) is 0. The zero-order valence-electron chi connectivity index (χ0n) is 11.9. The Hall–Kier alpha value is -2.00. The fourth-order valence-electron chi connectivity index (χ4n) is 2.77. The van der Waals surface area contributed by atoms with Gasteiger partial charge < -0.3 is 4.74 Å². The minimum absolute atomic E-state index is 0.0177. The van der Waals surface area contributed by atoms with Crippen LogP contribution in [0.2, 0.25) is 0 Å². The molecule has 2 aromatic rings. The number of rotatable bonds is 3. The lowest BCUT2D eigenvalue weighted by molar-refractivity contribution is -0.131. The largest absolute Gasteiger partial charge is 0.365 e. The molecule has 3 rings (SSSR count). The first-order chi connectivity index (χ1) is 10.1. The second-order valence-corrected chi connectivity index (χ2v) is 5.41. The first-order valence-electron chi connectivity index (χ1n) is 7.12. The van der Waals surface area contributed by atoms with E-state index < -0.39 is 6.10 Å². The average Bonchev–Trinajstić information content (AvgIpc) is 2.50. The Morgan fingerprint density at radius 2 is 2.10 bits per heavy atom. The number of Topliss-reactive ketones (excluding diaryl/α,β-unsaturated/α-hetero) is 1. The number of ketones is 1. The highest BCUT2D eigenvalue weighted by Crippen LogP contribution is 2.29. The van der Waals surface area contributed by atoms with Gasteiger partial charge in [-0.15, -0.1) is 0 Å². The Labute approximate surface area is 123 Å². The molecular weight excluding hydrogens is 267 g/mol. The van der Waals surface area contributed by atoms with E-state index in [0.717, 1.165) is 28.7 Å². The van der Waals surface area contributed by atoms with Crippen molar-refractivity contribution < 1.29 is 13.9 Å². The number of hydrogen-bond acceptors (Lipinski definition) is 2. The van der Waals surface area contributed by atoms with Crippen molar-refractivity contribution in [2.45, 2.75) is 25.9 Å². The maximum atomic E-state index is 13.3. The highest BCUT2D eigenvalue weighted by atomic mass is 19.1. The monoisotopic (exact) mass is 284 g/mol. The molecule has 3 heteroatoms. The van der Waals surface area contributed by atoms with Gasteiger partial charge in [0.15, 0.2) is 5.78 Å². The number of halogens is 1. The summed E-state index contributed by atoms with van der Waals surface area (Å²) in [5.74, 6) is -0.329. The molecule has 0 aromatic heterocycles. The zero-order valence-corrected chi connectivity index (χ0v) is 11.9. The van der Waals surface area contributed by atoms with Crippen LogP contribution in [0.3, 0.4) is 0 Å². The molecule has 2 nitrogen and oxygen atoms in total. The lowest BCUT2D eigenvalue weighted by Crippen LogP contribution is -2.24. The first-order valence-corrected chi connectivity index (χ1v) is 7.12. The zero-order chi connectivity index (χ0) is 14.8. The van der Waals surface area contributed by atoms with Crippen molar-refractivity contribution in [2.24, 2.45) is 0 Å². The molecule has 0 fully saturated rings. The molecule has 0 bridgehead atoms. The smallest absolute Gasteiger partial charge is 0.170 e. The van der Waals surface area contributed by atoms with Gasteiger partial charge in [-0.05, 0) is 47.7 Å². The Kier molecular flexibility index (Phi) is 3.84. The summed E-state index contributed by atoms with van der Waals surface area (Å²) in [6.45, 7) is 2.44. The second kappa shape index (κ2) is 5.78. The van der Waals surface area contributed by atoms with Gasteiger partial charge in [0.25, 0.3) is 0 Å². The molecule has 1 unspecified atom stereocenters. The topological polar surface area (TPSA) is 26.3 Å². The van der Waals surface area contributed by atoms with E-state index in [2.05, 4.69) is 0 Å². The summed E-state index contributed by atoms with van der Waals surface area (Å²) in [6.07, 6.45) is 0.499. The minimum atomic E-state index is -0.530. The highest BCUT2D eigenvalue weighted by molar-refractivity contribution is 5.87. The van der Waals surface area contributed by atoms with E-state index in [4.69, 9.17) is 4.74 Å². The molecule has 1 atom stereocenters. The molecule has 0 saturated heterocycles. The molecule has 2 aromatic carbocycles. The van der Waals surface area contributed by atoms with Crippen LogP contribution in [-0.2, 0) is 22.4 Å². The molecular formula is C18H17FO2. The average molecular weight is 284 g/mol. The predicted octanol–water partition coefficient (Wildman–Crippen LogP) is 3.56. The molecule has 0 amide bonds. The molecule has 0 N–H and O–H groups in total. The summed E-state index contributed by atoms with van der Waals surface area (Å²) in [5, 5.41) is 0. The summed E-state index contributed by atoms with van der Waals surface area (Å²) >= 11 is 0. The van der Waals surface area contributed by atoms with Gasteiger partial charge in [0.1, 0.15) is 11.9 Å². The molecule has 1 aliphatic heterocycles. The maximum absolute atomic E-state index is 13.3. The SMILES string of the molecule is Cc1ccc(F)cc1CC(=O)C1OCCc2ccccc21. The van der Waals surface area contributed by atoms with E-state index in [1.54, 1.807) is 6.07 Å². The van der Waals surface area contributed by atoms with E-state index in [-0.39, 0.29) is 18.0 Å². The fourth-order valence-corrected chi connectivity index (χ4v) is 2.77. The van der Waals surface area contributed by atoms with Gasteiger partial charge >= 0.3 is 0 Å². The Morgan fingerprint density at radius 3 is 2.95 bits per heavy atom. The van der Waals surface area contributed by atoms with Crippen LogP contribution in [0.15, 0.2) is 42.5 Å². The summed E-state index contributed by atoms with van der Waals surface area (Å²) in [5.41, 5.74) is 3.77. The van der Waals surface area contributed by atoms with Gasteiger partial charge in [0, 0.05) is 6.42 Å². The van der Waals surface area contributed by atoms with Crippen LogP contribution < -0.4 is 0 Å². The number of carbonyl (C=O) groups excluding carboxylic acids is 1. The molecule has 0 spiro atoms. The normalized spacial score (nSPS) is 17.3. The third-order valence-corrected chi connectivity index (χ3v) is 3.96. The number of benzene rings is 2. The minimum Gasteiger partial charge on any atom is -0.365 e. The molecule has 21 heavy (non-hydrogen) atoms. The van der Waals surface area contributed by atoms with Gasteiger partial charge in [-0.3, -0.25) is 4.79 Å². The van der Waals surface area contributed by atoms with Crippen LogP contribution >= 0.6 is 0 Å². The lowest BCUT2D eigenvalue weighted by atomic mass is 9.92. The van der Waals surface area contributed by atoms with Gasteiger partial charge in [-0.2, -0.15) is 0 Å². The number of carbonyl (C=O) groups is 1. The van der Waals surface area contributed by atoms with Crippen molar-refractivity contribution in [3.05, 3.63) is 70.5 Å². The molecule has 1 aliphatic rings. The summed E-state index contributed by atoms with van der Waals surface area (Å²) < 4.78 is 19.0. The van der Waals surface area contributed by atoms with Crippen molar-refractivity contribution in [3.63, 3.8) is 0 Å². The van der Waals surface area contributed by atoms with Crippen molar-refractivity contribution in [1.29, 1.82) is 0 Å². The molecule has 1 heterocycles. The van der Waals surface area contributed by atoms with E-state index >= 15 is 0 Å². The van der Waals surface area contributed by atoms with Gasteiger partial charge in [0.2, 0.25) is 0 Å². The Bertz CT molecular complexity index is 679. The van der Waals surface area contributed by atoms with Crippen LogP contribution in [0.25, 0.3) is 0 Å². The third-order valence-electron chi connectivity index (χ3n) is 3.96. The van der Waals surface area contributed by atoms with E-state index in [1.165, 1.54) is 12.1 Å². The molecule has 0 saturated carbocycles. The third kappa shape index (κ3) is 2.88. The quantitative estimate of drug-likeness (QED) is 0.861. The second-order valence-electron chi connectivity index (χ2n) is 5.41. The van der Waals surface area contributed by atoms with Gasteiger partial charge in [-0.25, -0.2) is 4.39 Å². The van der Waals surface area contributed by atoms with Crippen molar-refractivity contribution in [3.8, 4) is 0 Å². The van der Waals surface area contributed by atoms with E-state index in [0.29, 0.717) is 6.61 Å². The standard InChI is InChI=1S/C18H17FO2/c1-12-6-7-15(19)10-14(12)11-17(20)18-16-5-3-2-4-13(16)8-9-21-18/h2-7,10,18H,8-9,11H2,1H3. The predicted molar refractivity (Wildman–Crippen MR) is 78.7 cm³/mol. The highest BCUT2D eigenvalue weighted by Gasteiger charge is 2.27.